The highest BCUT2D eigenvalue weighted by atomic mass is 32.1. The van der Waals surface area contributed by atoms with Gasteiger partial charge >= 0.3 is 5.97 Å². The molecule has 0 spiro atoms. The third-order valence-electron chi connectivity index (χ3n) is 3.57. The Labute approximate surface area is 160 Å². The molecule has 0 bridgehead atoms. The molecule has 1 aliphatic rings. The van der Waals surface area contributed by atoms with Crippen LogP contribution in [0, 0.1) is 0 Å². The van der Waals surface area contributed by atoms with Gasteiger partial charge in [0.05, 0.1) is 0 Å². The van der Waals surface area contributed by atoms with Crippen LogP contribution in [0.2, 0.25) is 0 Å². The van der Waals surface area contributed by atoms with Crippen LogP contribution in [0.15, 0.2) is 36.2 Å². The van der Waals surface area contributed by atoms with Crippen molar-refractivity contribution in [2.75, 3.05) is 30.4 Å². The van der Waals surface area contributed by atoms with Crippen molar-refractivity contribution in [3.63, 3.8) is 0 Å². The van der Waals surface area contributed by atoms with E-state index >= 15 is 0 Å². The monoisotopic (exact) mass is 389 g/mol. The number of carbonyl (C=O) groups excluding carboxylic acids is 2. The smallest absolute Gasteiger partial charge is 0.358 e. The summed E-state index contributed by atoms with van der Waals surface area (Å²) in [6, 6.07) is 5.07. The Kier molecular flexibility index (Phi) is 5.92. The summed E-state index contributed by atoms with van der Waals surface area (Å²) in [6.45, 7) is 6.58. The van der Waals surface area contributed by atoms with E-state index in [9.17, 15) is 9.59 Å². The topological polar surface area (TPSA) is 98.8 Å². The fourth-order valence-corrected chi connectivity index (χ4v) is 2.94. The van der Waals surface area contributed by atoms with Crippen molar-refractivity contribution in [3.8, 4) is 11.5 Å². The van der Waals surface area contributed by atoms with Gasteiger partial charge in [-0.3, -0.25) is 4.79 Å². The molecule has 27 heavy (non-hydrogen) atoms. The van der Waals surface area contributed by atoms with Crippen LogP contribution in [0.5, 0.6) is 11.5 Å². The second kappa shape index (κ2) is 8.54. The Bertz CT molecular complexity index is 851. The van der Waals surface area contributed by atoms with Crippen molar-refractivity contribution in [2.45, 2.75) is 13.0 Å². The molecule has 1 atom stereocenters. The Morgan fingerprint density at radius 2 is 2.15 bits per heavy atom. The van der Waals surface area contributed by atoms with E-state index in [1.807, 2.05) is 0 Å². The highest BCUT2D eigenvalue weighted by Gasteiger charge is 2.21. The number of esters is 1. The first-order chi connectivity index (χ1) is 13.1. The molecule has 8 nitrogen and oxygen atoms in total. The Balaban J connectivity index is 1.56. The average molecular weight is 389 g/mol. The van der Waals surface area contributed by atoms with Crippen molar-refractivity contribution in [1.82, 2.24) is 4.98 Å². The number of ether oxygens (including phenoxy) is 3. The Morgan fingerprint density at radius 1 is 1.37 bits per heavy atom. The summed E-state index contributed by atoms with van der Waals surface area (Å²) < 4.78 is 16.1. The molecule has 142 valence electrons. The molecule has 0 saturated carbocycles. The van der Waals surface area contributed by atoms with E-state index in [1.54, 1.807) is 29.7 Å². The maximum atomic E-state index is 12.3. The highest BCUT2D eigenvalue weighted by molar-refractivity contribution is 7.13. The second-order valence-corrected chi connectivity index (χ2v) is 6.46. The molecule has 0 fully saturated rings. The lowest BCUT2D eigenvalue weighted by atomic mass is 10.2. The fourth-order valence-electron chi connectivity index (χ4n) is 2.25. The van der Waals surface area contributed by atoms with Gasteiger partial charge in [0, 0.05) is 23.7 Å². The first-order valence-electron chi connectivity index (χ1n) is 8.28. The number of benzene rings is 1. The summed E-state index contributed by atoms with van der Waals surface area (Å²) in [5.41, 5.74) is 0.669. The van der Waals surface area contributed by atoms with E-state index in [1.165, 1.54) is 18.3 Å². The molecule has 0 aliphatic carbocycles. The van der Waals surface area contributed by atoms with Gasteiger partial charge in [0.25, 0.3) is 5.91 Å². The van der Waals surface area contributed by atoms with Crippen molar-refractivity contribution in [3.05, 3.63) is 41.9 Å². The number of fused-ring (bicyclic) bond motifs is 1. The number of carbonyl (C=O) groups is 2. The van der Waals surface area contributed by atoms with E-state index in [-0.39, 0.29) is 5.69 Å². The van der Waals surface area contributed by atoms with Gasteiger partial charge in [-0.15, -0.1) is 17.9 Å². The van der Waals surface area contributed by atoms with E-state index in [2.05, 4.69) is 22.2 Å². The normalized spacial score (nSPS) is 13.4. The lowest BCUT2D eigenvalue weighted by molar-refractivity contribution is -0.123. The number of thiazole rings is 1. The van der Waals surface area contributed by atoms with E-state index in [0.29, 0.717) is 42.1 Å². The summed E-state index contributed by atoms with van der Waals surface area (Å²) in [4.78, 5) is 28.6. The van der Waals surface area contributed by atoms with Crippen LogP contribution in [-0.2, 0) is 9.53 Å². The molecule has 0 radical (unpaired) electrons. The van der Waals surface area contributed by atoms with Gasteiger partial charge in [0.1, 0.15) is 13.2 Å². The summed E-state index contributed by atoms with van der Waals surface area (Å²) in [5, 5.41) is 7.82. The Morgan fingerprint density at radius 3 is 2.93 bits per heavy atom. The Hall–Kier alpha value is -3.07. The third-order valence-corrected chi connectivity index (χ3v) is 4.37. The molecule has 9 heteroatoms. The average Bonchev–Trinajstić information content (AvgIpc) is 3.15. The standard InChI is InChI=1S/C18H19N3O5S/c1-3-6-19-18-21-13(10-27-18)17(23)26-11(2)16(22)20-12-4-5-14-15(9-12)25-8-7-24-14/h3-5,9-11H,1,6-8H2,2H3,(H,19,21)(H,20,22)/t11-/m1/s1. The van der Waals surface area contributed by atoms with Gasteiger partial charge in [-0.2, -0.15) is 0 Å². The molecule has 1 aliphatic heterocycles. The number of hydrogen-bond donors (Lipinski definition) is 2. The second-order valence-electron chi connectivity index (χ2n) is 5.60. The van der Waals surface area contributed by atoms with Crippen molar-refractivity contribution in [2.24, 2.45) is 0 Å². The fraction of sp³-hybridized carbons (Fsp3) is 0.278. The van der Waals surface area contributed by atoms with Crippen LogP contribution in [0.3, 0.4) is 0 Å². The zero-order valence-electron chi connectivity index (χ0n) is 14.7. The molecule has 1 aromatic carbocycles. The summed E-state index contributed by atoms with van der Waals surface area (Å²) in [6.07, 6.45) is 0.695. The maximum absolute atomic E-state index is 12.3. The number of rotatable bonds is 7. The predicted molar refractivity (Wildman–Crippen MR) is 102 cm³/mol. The van der Waals surface area contributed by atoms with Crippen LogP contribution < -0.4 is 20.1 Å². The SMILES string of the molecule is C=CCNc1nc(C(=O)O[C@H](C)C(=O)Nc2ccc3c(c2)OCCO3)cs1. The van der Waals surface area contributed by atoms with Crippen LogP contribution >= 0.6 is 11.3 Å². The molecule has 1 amide bonds. The van der Waals surface area contributed by atoms with Gasteiger partial charge in [0.2, 0.25) is 0 Å². The molecular formula is C18H19N3O5S. The van der Waals surface area contributed by atoms with Crippen molar-refractivity contribution >= 4 is 34.0 Å². The van der Waals surface area contributed by atoms with Crippen LogP contribution in [0.25, 0.3) is 0 Å². The molecule has 2 heterocycles. The molecule has 0 saturated heterocycles. The minimum atomic E-state index is -0.989. The number of hydrogen-bond acceptors (Lipinski definition) is 8. The molecule has 2 aromatic rings. The number of nitrogens with zero attached hydrogens (tertiary/aromatic N) is 1. The minimum Gasteiger partial charge on any atom is -0.486 e. The lowest BCUT2D eigenvalue weighted by Gasteiger charge is -2.19. The van der Waals surface area contributed by atoms with Gasteiger partial charge in [-0.1, -0.05) is 6.08 Å². The van der Waals surface area contributed by atoms with E-state index in [0.717, 1.165) is 0 Å². The van der Waals surface area contributed by atoms with Crippen molar-refractivity contribution in [1.29, 1.82) is 0 Å². The highest BCUT2D eigenvalue weighted by Crippen LogP contribution is 2.32. The third kappa shape index (κ3) is 4.76. The minimum absolute atomic E-state index is 0.144. The first kappa shape index (κ1) is 18.7. The molecule has 2 N–H and O–H groups in total. The van der Waals surface area contributed by atoms with Crippen LogP contribution in [0.4, 0.5) is 10.8 Å². The quantitative estimate of drug-likeness (QED) is 0.555. The predicted octanol–water partition coefficient (Wildman–Crippen LogP) is 2.70. The first-order valence-corrected chi connectivity index (χ1v) is 9.16. The molecular weight excluding hydrogens is 370 g/mol. The number of amides is 1. The maximum Gasteiger partial charge on any atom is 0.358 e. The van der Waals surface area contributed by atoms with Gasteiger partial charge in [-0.05, 0) is 19.1 Å². The summed E-state index contributed by atoms with van der Waals surface area (Å²) >= 11 is 1.27. The largest absolute Gasteiger partial charge is 0.486 e. The van der Waals surface area contributed by atoms with Crippen LogP contribution in [-0.4, -0.2) is 42.7 Å². The summed E-state index contributed by atoms with van der Waals surface area (Å²) in [7, 11) is 0. The number of nitrogens with one attached hydrogen (secondary N) is 2. The molecule has 3 rings (SSSR count). The van der Waals surface area contributed by atoms with Gasteiger partial charge in [-0.25, -0.2) is 9.78 Å². The van der Waals surface area contributed by atoms with Gasteiger partial charge in [0.15, 0.2) is 28.4 Å². The molecule has 0 unspecified atom stereocenters. The van der Waals surface area contributed by atoms with Crippen molar-refractivity contribution < 1.29 is 23.8 Å². The zero-order valence-corrected chi connectivity index (χ0v) is 15.5. The van der Waals surface area contributed by atoms with Crippen LogP contribution in [0.1, 0.15) is 17.4 Å². The van der Waals surface area contributed by atoms with E-state index < -0.39 is 18.0 Å². The molecule has 1 aromatic heterocycles. The number of anilines is 2. The van der Waals surface area contributed by atoms with Gasteiger partial charge < -0.3 is 24.8 Å². The number of aromatic nitrogens is 1. The zero-order chi connectivity index (χ0) is 19.2. The lowest BCUT2D eigenvalue weighted by Crippen LogP contribution is -2.30. The van der Waals surface area contributed by atoms with E-state index in [4.69, 9.17) is 14.2 Å². The summed E-state index contributed by atoms with van der Waals surface area (Å²) in [5.74, 6) is 0.0665.